The van der Waals surface area contributed by atoms with Crippen molar-refractivity contribution in [1.82, 2.24) is 4.90 Å². The summed E-state index contributed by atoms with van der Waals surface area (Å²) in [5, 5.41) is 0. The molecule has 1 unspecified atom stereocenters. The summed E-state index contributed by atoms with van der Waals surface area (Å²) < 4.78 is 9.46. The molecule has 0 amide bonds. The van der Waals surface area contributed by atoms with Gasteiger partial charge in [0.2, 0.25) is 0 Å². The van der Waals surface area contributed by atoms with E-state index in [0.717, 1.165) is 0 Å². The zero-order chi connectivity index (χ0) is 13.2. The summed E-state index contributed by atoms with van der Waals surface area (Å²) in [5.74, 6) is -0.321. The maximum atomic E-state index is 12.0. The molecule has 18 heavy (non-hydrogen) atoms. The van der Waals surface area contributed by atoms with Crippen LogP contribution in [0.25, 0.3) is 0 Å². The number of fused-ring (bicyclic) bond motifs is 1. The lowest BCUT2D eigenvalue weighted by Crippen LogP contribution is -2.55. The summed E-state index contributed by atoms with van der Waals surface area (Å²) in [6.07, 6.45) is 7.00. The van der Waals surface area contributed by atoms with E-state index < -0.39 is 17.5 Å². The standard InChI is InChI=1S/C12H14N2O4/c1-17-10(15)7-12(11(16)18-2)8-13-9-5-3-4-6-14(9)12/h3-6H,7-8H2,1-2H3. The van der Waals surface area contributed by atoms with Crippen molar-refractivity contribution in [2.75, 3.05) is 20.8 Å². The highest BCUT2D eigenvalue weighted by atomic mass is 16.5. The first-order valence-corrected chi connectivity index (χ1v) is 5.48. The minimum atomic E-state index is -1.13. The molecule has 0 radical (unpaired) electrons. The van der Waals surface area contributed by atoms with Gasteiger partial charge in [-0.15, -0.1) is 0 Å². The Balaban J connectivity index is 2.33. The fraction of sp³-hybridized carbons (Fsp3) is 0.417. The number of aliphatic imine (C=N–C) groups is 1. The molecule has 0 aromatic heterocycles. The second-order valence-electron chi connectivity index (χ2n) is 4.02. The molecule has 0 aromatic rings. The molecule has 0 aliphatic carbocycles. The highest BCUT2D eigenvalue weighted by Gasteiger charge is 2.51. The number of carbonyl (C=O) groups excluding carboxylic acids is 2. The number of nitrogens with zero attached hydrogens (tertiary/aromatic N) is 2. The Morgan fingerprint density at radius 3 is 2.83 bits per heavy atom. The zero-order valence-electron chi connectivity index (χ0n) is 10.3. The van der Waals surface area contributed by atoms with Crippen LogP contribution in [0.1, 0.15) is 6.42 Å². The topological polar surface area (TPSA) is 68.2 Å². The van der Waals surface area contributed by atoms with Crippen LogP contribution < -0.4 is 0 Å². The Labute approximate surface area is 105 Å². The van der Waals surface area contributed by atoms with Crippen molar-refractivity contribution in [3.8, 4) is 0 Å². The molecule has 6 nitrogen and oxygen atoms in total. The van der Waals surface area contributed by atoms with Gasteiger partial charge in [0.1, 0.15) is 5.84 Å². The van der Waals surface area contributed by atoms with Crippen LogP contribution in [0, 0.1) is 0 Å². The summed E-state index contributed by atoms with van der Waals surface area (Å²) in [6, 6.07) is 0. The number of ether oxygens (including phenoxy) is 2. The molecule has 2 aliphatic heterocycles. The molecule has 0 saturated heterocycles. The predicted octanol–water partition coefficient (Wildman–Crippen LogP) is 0.259. The predicted molar refractivity (Wildman–Crippen MR) is 63.8 cm³/mol. The van der Waals surface area contributed by atoms with Crippen LogP contribution in [-0.2, 0) is 19.1 Å². The summed E-state index contributed by atoms with van der Waals surface area (Å²) >= 11 is 0. The molecule has 6 heteroatoms. The van der Waals surface area contributed by atoms with E-state index in [9.17, 15) is 9.59 Å². The van der Waals surface area contributed by atoms with Crippen molar-refractivity contribution in [3.63, 3.8) is 0 Å². The number of hydrogen-bond donors (Lipinski definition) is 0. The number of allylic oxidation sites excluding steroid dienone is 2. The lowest BCUT2D eigenvalue weighted by Gasteiger charge is -2.34. The van der Waals surface area contributed by atoms with Crippen LogP contribution in [0.2, 0.25) is 0 Å². The normalized spacial score (nSPS) is 24.6. The maximum Gasteiger partial charge on any atom is 0.334 e. The Morgan fingerprint density at radius 1 is 1.39 bits per heavy atom. The second kappa shape index (κ2) is 4.64. The van der Waals surface area contributed by atoms with E-state index in [1.165, 1.54) is 14.2 Å². The fourth-order valence-corrected chi connectivity index (χ4v) is 2.09. The summed E-state index contributed by atoms with van der Waals surface area (Å²) in [6.45, 7) is 0.179. The SMILES string of the molecule is COC(=O)CC1(C(=O)OC)CN=C2C=CC=CN21. The van der Waals surface area contributed by atoms with E-state index in [4.69, 9.17) is 4.74 Å². The molecule has 2 heterocycles. The van der Waals surface area contributed by atoms with Crippen LogP contribution in [0.5, 0.6) is 0 Å². The number of amidine groups is 1. The van der Waals surface area contributed by atoms with Gasteiger partial charge in [0.25, 0.3) is 0 Å². The average molecular weight is 250 g/mol. The van der Waals surface area contributed by atoms with Gasteiger partial charge < -0.3 is 14.4 Å². The molecular formula is C12H14N2O4. The molecule has 0 fully saturated rings. The van der Waals surface area contributed by atoms with Crippen LogP contribution in [-0.4, -0.2) is 49.0 Å². The van der Waals surface area contributed by atoms with E-state index >= 15 is 0 Å². The lowest BCUT2D eigenvalue weighted by atomic mass is 9.94. The van der Waals surface area contributed by atoms with Crippen molar-refractivity contribution >= 4 is 17.8 Å². The van der Waals surface area contributed by atoms with Gasteiger partial charge in [-0.05, 0) is 12.2 Å². The van der Waals surface area contributed by atoms with E-state index in [2.05, 4.69) is 9.73 Å². The molecule has 96 valence electrons. The van der Waals surface area contributed by atoms with E-state index in [-0.39, 0.29) is 13.0 Å². The Bertz CT molecular complexity index is 467. The molecule has 1 atom stereocenters. The average Bonchev–Trinajstić information content (AvgIpc) is 2.78. The third kappa shape index (κ3) is 1.79. The lowest BCUT2D eigenvalue weighted by molar-refractivity contribution is -0.157. The largest absolute Gasteiger partial charge is 0.469 e. The van der Waals surface area contributed by atoms with Crippen molar-refractivity contribution in [1.29, 1.82) is 0 Å². The third-order valence-electron chi connectivity index (χ3n) is 3.03. The minimum Gasteiger partial charge on any atom is -0.469 e. The number of hydrogen-bond acceptors (Lipinski definition) is 6. The van der Waals surface area contributed by atoms with Crippen molar-refractivity contribution in [3.05, 3.63) is 24.4 Å². The Morgan fingerprint density at radius 2 is 2.17 bits per heavy atom. The van der Waals surface area contributed by atoms with Crippen molar-refractivity contribution < 1.29 is 19.1 Å². The molecule has 0 spiro atoms. The zero-order valence-corrected chi connectivity index (χ0v) is 10.3. The van der Waals surface area contributed by atoms with Gasteiger partial charge >= 0.3 is 11.9 Å². The third-order valence-corrected chi connectivity index (χ3v) is 3.03. The molecule has 2 aliphatic rings. The molecule has 0 saturated carbocycles. The number of carbonyl (C=O) groups is 2. The van der Waals surface area contributed by atoms with Crippen molar-refractivity contribution in [2.45, 2.75) is 12.0 Å². The number of methoxy groups -OCH3 is 2. The van der Waals surface area contributed by atoms with Gasteiger partial charge in [-0.1, -0.05) is 6.08 Å². The molecule has 0 aromatic carbocycles. The van der Waals surface area contributed by atoms with E-state index in [1.54, 1.807) is 23.3 Å². The van der Waals surface area contributed by atoms with Crippen LogP contribution in [0.3, 0.4) is 0 Å². The number of esters is 2. The monoisotopic (exact) mass is 250 g/mol. The molecule has 0 N–H and O–H groups in total. The fourth-order valence-electron chi connectivity index (χ4n) is 2.09. The van der Waals surface area contributed by atoms with Gasteiger partial charge in [-0.2, -0.15) is 0 Å². The first-order chi connectivity index (χ1) is 8.64. The second-order valence-corrected chi connectivity index (χ2v) is 4.02. The van der Waals surface area contributed by atoms with Crippen LogP contribution in [0.15, 0.2) is 29.4 Å². The van der Waals surface area contributed by atoms with Gasteiger partial charge in [0.05, 0.1) is 27.2 Å². The maximum absolute atomic E-state index is 12.0. The Hall–Kier alpha value is -2.11. The van der Waals surface area contributed by atoms with Gasteiger partial charge in [0.15, 0.2) is 5.54 Å². The van der Waals surface area contributed by atoms with Crippen LogP contribution >= 0.6 is 0 Å². The first kappa shape index (κ1) is 12.3. The minimum absolute atomic E-state index is 0.0959. The number of rotatable bonds is 3. The summed E-state index contributed by atoms with van der Waals surface area (Å²) in [5.41, 5.74) is -1.13. The molecular weight excluding hydrogens is 236 g/mol. The van der Waals surface area contributed by atoms with Gasteiger partial charge in [0, 0.05) is 6.20 Å². The van der Waals surface area contributed by atoms with E-state index in [0.29, 0.717) is 5.84 Å². The summed E-state index contributed by atoms with van der Waals surface area (Å²) in [7, 11) is 2.58. The smallest absolute Gasteiger partial charge is 0.334 e. The van der Waals surface area contributed by atoms with Crippen LogP contribution in [0.4, 0.5) is 0 Å². The molecule has 0 bridgehead atoms. The van der Waals surface area contributed by atoms with Gasteiger partial charge in [-0.25, -0.2) is 4.79 Å². The van der Waals surface area contributed by atoms with Gasteiger partial charge in [-0.3, -0.25) is 9.79 Å². The first-order valence-electron chi connectivity index (χ1n) is 5.48. The summed E-state index contributed by atoms with van der Waals surface area (Å²) in [4.78, 5) is 29.5. The highest BCUT2D eigenvalue weighted by Crippen LogP contribution is 2.31. The molecule has 2 rings (SSSR count). The van der Waals surface area contributed by atoms with Crippen molar-refractivity contribution in [2.24, 2.45) is 4.99 Å². The quantitative estimate of drug-likeness (QED) is 0.672. The Kier molecular flexibility index (Phi) is 3.18. The highest BCUT2D eigenvalue weighted by molar-refractivity contribution is 6.03. The van der Waals surface area contributed by atoms with E-state index in [1.807, 2.05) is 6.08 Å².